The average Bonchev–Trinajstić information content (AvgIpc) is 3.40. The Kier molecular flexibility index (Phi) is 55.5. The Morgan fingerprint density at radius 2 is 0.753 bits per heavy atom. The largest absolute Gasteiger partial charge is 0.477 e. The molecule has 0 saturated heterocycles. The maximum Gasteiger partial charge on any atom is 0.361 e. The van der Waals surface area contributed by atoms with E-state index >= 15 is 0 Å². The van der Waals surface area contributed by atoms with Gasteiger partial charge in [-0.1, -0.05) is 252 Å². The number of esters is 2. The first-order chi connectivity index (χ1) is 37.6. The lowest BCUT2D eigenvalue weighted by Gasteiger charge is -2.25. The molecule has 0 radical (unpaired) electrons. The Hall–Kier alpha value is -3.79. The first-order valence-electron chi connectivity index (χ1n) is 31.4. The molecule has 0 bridgehead atoms. The van der Waals surface area contributed by atoms with Crippen LogP contribution in [0.2, 0.25) is 0 Å². The number of rotatable bonds is 57. The van der Waals surface area contributed by atoms with Crippen LogP contribution < -0.4 is 0 Å². The summed E-state index contributed by atoms with van der Waals surface area (Å²) in [5.74, 6) is -2.09. The van der Waals surface area contributed by atoms with Crippen LogP contribution >= 0.6 is 0 Å². The van der Waals surface area contributed by atoms with Gasteiger partial charge < -0.3 is 28.5 Å². The van der Waals surface area contributed by atoms with Gasteiger partial charge in [-0.3, -0.25) is 9.59 Å². The fourth-order valence-electron chi connectivity index (χ4n) is 8.53. The van der Waals surface area contributed by atoms with Crippen molar-refractivity contribution < 1.29 is 42.9 Å². The number of carbonyl (C=O) groups is 3. The fourth-order valence-corrected chi connectivity index (χ4v) is 8.53. The number of hydrogen-bond acceptors (Lipinski definition) is 7. The Labute approximate surface area is 473 Å². The van der Waals surface area contributed by atoms with Crippen LogP contribution in [0, 0.1) is 0 Å². The highest BCUT2D eigenvalue weighted by molar-refractivity contribution is 5.71. The van der Waals surface area contributed by atoms with E-state index in [2.05, 4.69) is 111 Å². The lowest BCUT2D eigenvalue weighted by Crippen LogP contribution is -2.40. The number of quaternary nitrogens is 1. The van der Waals surface area contributed by atoms with Gasteiger partial charge in [0.1, 0.15) is 13.2 Å². The van der Waals surface area contributed by atoms with Gasteiger partial charge in [0.15, 0.2) is 6.10 Å². The molecule has 442 valence electrons. The molecule has 0 amide bonds. The highest BCUT2D eigenvalue weighted by Crippen LogP contribution is 2.16. The van der Waals surface area contributed by atoms with Crippen molar-refractivity contribution in [3.63, 3.8) is 0 Å². The van der Waals surface area contributed by atoms with Crippen LogP contribution in [0.5, 0.6) is 0 Å². The molecule has 9 nitrogen and oxygen atoms in total. The quantitative estimate of drug-likeness (QED) is 0.0211. The second kappa shape index (κ2) is 58.4. The molecule has 0 aromatic rings. The van der Waals surface area contributed by atoms with Crippen molar-refractivity contribution in [1.29, 1.82) is 0 Å². The van der Waals surface area contributed by atoms with Crippen LogP contribution in [0.4, 0.5) is 0 Å². The summed E-state index contributed by atoms with van der Waals surface area (Å²) < 4.78 is 22.8. The van der Waals surface area contributed by atoms with E-state index in [4.69, 9.17) is 18.9 Å². The molecule has 0 aliphatic carbocycles. The summed E-state index contributed by atoms with van der Waals surface area (Å²) >= 11 is 0. The Morgan fingerprint density at radius 3 is 1.16 bits per heavy atom. The molecule has 1 N–H and O–H groups in total. The van der Waals surface area contributed by atoms with Crippen molar-refractivity contribution in [3.8, 4) is 0 Å². The second-order valence-corrected chi connectivity index (χ2v) is 22.0. The zero-order valence-corrected chi connectivity index (χ0v) is 50.3. The van der Waals surface area contributed by atoms with Gasteiger partial charge in [-0.2, -0.15) is 0 Å². The predicted molar refractivity (Wildman–Crippen MR) is 327 cm³/mol. The lowest BCUT2D eigenvalue weighted by molar-refractivity contribution is -0.870. The smallest absolute Gasteiger partial charge is 0.361 e. The highest BCUT2D eigenvalue weighted by atomic mass is 16.7. The SMILES string of the molecule is CC/C=C\C/C=C\C/C=C\C/C=C\C/C=C\C/C=C\C/C=C\CCCC(=O)OC(COC(=O)CCCCCCCCCCCCCCCCCCC/C=C\CCCCCCCCCC)COC(OCC[N+](C)(C)C)C(=O)O. The van der Waals surface area contributed by atoms with E-state index in [1.807, 2.05) is 21.1 Å². The number of nitrogens with zero attached hydrogens (tertiary/aromatic N) is 1. The van der Waals surface area contributed by atoms with Crippen molar-refractivity contribution in [2.45, 2.75) is 270 Å². The minimum Gasteiger partial charge on any atom is -0.477 e. The van der Waals surface area contributed by atoms with Gasteiger partial charge in [-0.25, -0.2) is 4.79 Å². The first-order valence-corrected chi connectivity index (χ1v) is 31.4. The number of carboxylic acids is 1. The number of carbonyl (C=O) groups excluding carboxylic acids is 2. The Bertz CT molecular complexity index is 1580. The predicted octanol–water partition coefficient (Wildman–Crippen LogP) is 18.9. The summed E-state index contributed by atoms with van der Waals surface area (Å²) in [6.45, 7) is 4.71. The average molecular weight is 1080 g/mol. The Morgan fingerprint density at radius 1 is 0.403 bits per heavy atom. The molecule has 2 unspecified atom stereocenters. The molecule has 0 aliphatic rings. The Balaban J connectivity index is 4.25. The number of unbranched alkanes of at least 4 members (excludes halogenated alkanes) is 26. The van der Waals surface area contributed by atoms with Crippen LogP contribution in [0.3, 0.4) is 0 Å². The van der Waals surface area contributed by atoms with Crippen LogP contribution in [0.15, 0.2) is 97.2 Å². The van der Waals surface area contributed by atoms with Gasteiger partial charge in [0.25, 0.3) is 6.29 Å². The van der Waals surface area contributed by atoms with Crippen LogP contribution in [0.1, 0.15) is 258 Å². The third kappa shape index (κ3) is 59.7. The maximum absolute atomic E-state index is 12.9. The van der Waals surface area contributed by atoms with Crippen LogP contribution in [-0.4, -0.2) is 87.4 Å². The molecule has 0 rings (SSSR count). The standard InChI is InChI=1S/C68H117NO8/c1-6-8-10-12-14-16-18-20-22-24-26-28-30-31-32-33-34-35-37-38-40-42-44-46-48-50-52-54-56-58-65(70)75-62-64(63-76-68(67(72)73)74-61-60-69(3,4)5)77-66(71)59-57-55-53-51-49-47-45-43-41-39-36-29-27-25-23-21-19-17-15-13-11-9-7-2/h9,11,15,17,21,23-24,26-27,29,39,41,45,47,51,53,64,68H,6-8,10,12-14,16,18-20,22,25,28,30-38,40,42-44,46,48-50,52,54-63H2,1-5H3/p+1/b11-9-,17-15-,23-21-,26-24-,29-27-,41-39-,47-45-,53-51-. The summed E-state index contributed by atoms with van der Waals surface area (Å²) in [4.78, 5) is 37.5. The molecule has 0 heterocycles. The molecule has 0 spiro atoms. The molecule has 0 aromatic carbocycles. The molecule has 77 heavy (non-hydrogen) atoms. The van der Waals surface area contributed by atoms with Crippen LogP contribution in [-0.2, 0) is 33.3 Å². The number of allylic oxidation sites excluding steroid dienone is 16. The van der Waals surface area contributed by atoms with Gasteiger partial charge in [-0.15, -0.1) is 0 Å². The topological polar surface area (TPSA) is 108 Å². The monoisotopic (exact) mass is 1080 g/mol. The van der Waals surface area contributed by atoms with E-state index in [9.17, 15) is 19.5 Å². The molecule has 2 atom stereocenters. The number of carboxylic acid groups (broad SMARTS) is 1. The number of hydrogen-bond donors (Lipinski definition) is 1. The number of aliphatic carboxylic acids is 1. The van der Waals surface area contributed by atoms with Crippen molar-refractivity contribution in [3.05, 3.63) is 97.2 Å². The molecule has 0 aromatic heterocycles. The molecular weight excluding hydrogens is 959 g/mol. The fraction of sp³-hybridized carbons (Fsp3) is 0.721. The van der Waals surface area contributed by atoms with E-state index in [1.165, 1.54) is 154 Å². The van der Waals surface area contributed by atoms with Gasteiger partial charge in [-0.05, 0) is 89.9 Å². The zero-order valence-electron chi connectivity index (χ0n) is 50.3. The van der Waals surface area contributed by atoms with Gasteiger partial charge >= 0.3 is 17.9 Å². The number of ether oxygens (including phenoxy) is 4. The minimum atomic E-state index is -1.53. The summed E-state index contributed by atoms with van der Waals surface area (Å²) in [5.41, 5.74) is 0. The van der Waals surface area contributed by atoms with E-state index in [-0.39, 0.29) is 38.6 Å². The van der Waals surface area contributed by atoms with E-state index in [1.54, 1.807) is 0 Å². The molecule has 0 aliphatic heterocycles. The third-order valence-electron chi connectivity index (χ3n) is 13.3. The third-order valence-corrected chi connectivity index (χ3v) is 13.3. The van der Waals surface area contributed by atoms with E-state index in [0.29, 0.717) is 23.9 Å². The van der Waals surface area contributed by atoms with Gasteiger partial charge in [0, 0.05) is 12.8 Å². The number of likely N-dealkylation sites (N-methyl/N-ethyl adjacent to an activating group) is 1. The van der Waals surface area contributed by atoms with Crippen molar-refractivity contribution >= 4 is 17.9 Å². The highest BCUT2D eigenvalue weighted by Gasteiger charge is 2.25. The first kappa shape index (κ1) is 73.2. The minimum absolute atomic E-state index is 0.173. The van der Waals surface area contributed by atoms with Crippen LogP contribution in [0.25, 0.3) is 0 Å². The summed E-state index contributed by atoms with van der Waals surface area (Å²) in [6.07, 6.45) is 76.6. The summed E-state index contributed by atoms with van der Waals surface area (Å²) in [6, 6.07) is 0. The van der Waals surface area contributed by atoms with E-state index in [0.717, 1.165) is 64.2 Å². The molecule has 9 heteroatoms. The molecule has 0 saturated carbocycles. The van der Waals surface area contributed by atoms with E-state index < -0.39 is 24.3 Å². The molecule has 0 fully saturated rings. The maximum atomic E-state index is 12.9. The van der Waals surface area contributed by atoms with Crippen molar-refractivity contribution in [1.82, 2.24) is 0 Å². The normalized spacial score (nSPS) is 13.4. The van der Waals surface area contributed by atoms with Gasteiger partial charge in [0.05, 0.1) is 34.4 Å². The summed E-state index contributed by atoms with van der Waals surface area (Å²) in [5, 5.41) is 9.71. The lowest BCUT2D eigenvalue weighted by atomic mass is 10.0. The molecular formula is C68H118NO8+. The van der Waals surface area contributed by atoms with Crippen molar-refractivity contribution in [2.24, 2.45) is 0 Å². The van der Waals surface area contributed by atoms with Gasteiger partial charge in [0.2, 0.25) is 0 Å². The van der Waals surface area contributed by atoms with Crippen molar-refractivity contribution in [2.75, 3.05) is 47.5 Å². The second-order valence-electron chi connectivity index (χ2n) is 22.0. The summed E-state index contributed by atoms with van der Waals surface area (Å²) in [7, 11) is 5.95. The zero-order chi connectivity index (χ0) is 56.2.